The Morgan fingerprint density at radius 2 is 1.55 bits per heavy atom. The van der Waals surface area contributed by atoms with Crippen LogP contribution in [-0.2, 0) is 6.54 Å². The molecule has 0 atom stereocenters. The first-order valence-corrected chi connectivity index (χ1v) is 11.2. The lowest BCUT2D eigenvalue weighted by atomic mass is 10.1. The molecule has 164 valence electrons. The summed E-state index contributed by atoms with van der Waals surface area (Å²) >= 11 is 18.4. The number of fused-ring (bicyclic) bond motifs is 3. The van der Waals surface area contributed by atoms with Gasteiger partial charge in [-0.05, 0) is 66.7 Å². The number of hydrogen-bond acceptors (Lipinski definition) is 2. The number of benzene rings is 3. The maximum absolute atomic E-state index is 13.4. The van der Waals surface area contributed by atoms with Crippen LogP contribution in [0, 0.1) is 0 Å². The highest BCUT2D eigenvalue weighted by molar-refractivity contribution is 6.37. The minimum absolute atomic E-state index is 0.148. The lowest BCUT2D eigenvalue weighted by Crippen LogP contribution is -2.35. The third kappa shape index (κ3) is 4.00. The lowest BCUT2D eigenvalue weighted by molar-refractivity contribution is 0.0982. The molecule has 1 aromatic heterocycles. The number of hydrogen-bond donors (Lipinski definition) is 1. The van der Waals surface area contributed by atoms with E-state index < -0.39 is 0 Å². The highest BCUT2D eigenvalue weighted by atomic mass is 35.5. The van der Waals surface area contributed by atoms with Crippen molar-refractivity contribution in [2.75, 3.05) is 10.2 Å². The maximum Gasteiger partial charge on any atom is 0.258 e. The topological polar surface area (TPSA) is 54.3 Å². The van der Waals surface area contributed by atoms with Crippen molar-refractivity contribution >= 4 is 58.0 Å². The van der Waals surface area contributed by atoms with Crippen LogP contribution in [0.3, 0.4) is 0 Å². The van der Waals surface area contributed by atoms with E-state index in [1.54, 1.807) is 41.3 Å². The molecule has 0 spiro atoms. The van der Waals surface area contributed by atoms with Crippen molar-refractivity contribution in [3.05, 3.63) is 111 Å². The number of amides is 2. The summed E-state index contributed by atoms with van der Waals surface area (Å²) in [6, 6.07) is 22.8. The first-order valence-electron chi connectivity index (χ1n) is 10.1. The number of carbonyl (C=O) groups excluding carboxylic acids is 2. The normalized spacial score (nSPS) is 12.2. The van der Waals surface area contributed by atoms with Crippen molar-refractivity contribution in [1.82, 2.24) is 4.57 Å². The highest BCUT2D eigenvalue weighted by Gasteiger charge is 2.28. The minimum Gasteiger partial charge on any atom is -0.322 e. The number of anilines is 2. The van der Waals surface area contributed by atoms with E-state index in [2.05, 4.69) is 5.32 Å². The van der Waals surface area contributed by atoms with Gasteiger partial charge in [-0.2, -0.15) is 0 Å². The van der Waals surface area contributed by atoms with Gasteiger partial charge in [-0.3, -0.25) is 9.59 Å². The fourth-order valence-corrected chi connectivity index (χ4v) is 4.64. The number of nitrogens with zero attached hydrogens (tertiary/aromatic N) is 2. The van der Waals surface area contributed by atoms with E-state index in [9.17, 15) is 9.59 Å². The van der Waals surface area contributed by atoms with Crippen LogP contribution >= 0.6 is 34.8 Å². The van der Waals surface area contributed by atoms with E-state index in [1.807, 2.05) is 41.0 Å². The van der Waals surface area contributed by atoms with E-state index in [4.69, 9.17) is 34.8 Å². The summed E-state index contributed by atoms with van der Waals surface area (Å²) in [6.45, 7) is 0.399. The maximum atomic E-state index is 13.4. The van der Waals surface area contributed by atoms with Crippen LogP contribution in [0.4, 0.5) is 11.4 Å². The lowest BCUT2D eigenvalue weighted by Gasteiger charge is -2.31. The quantitative estimate of drug-likeness (QED) is 0.337. The molecular weight excluding hydrogens is 481 g/mol. The highest BCUT2D eigenvalue weighted by Crippen LogP contribution is 2.36. The van der Waals surface area contributed by atoms with Gasteiger partial charge in [0.2, 0.25) is 0 Å². The minimum atomic E-state index is -0.363. The molecule has 1 aliphatic heterocycles. The molecule has 33 heavy (non-hydrogen) atoms. The van der Waals surface area contributed by atoms with Crippen molar-refractivity contribution in [2.45, 2.75) is 6.54 Å². The third-order valence-electron chi connectivity index (χ3n) is 5.46. The molecule has 0 bridgehead atoms. The molecule has 2 amide bonds. The van der Waals surface area contributed by atoms with Crippen LogP contribution < -0.4 is 10.2 Å². The Labute approximate surface area is 205 Å². The molecule has 1 N–H and O–H groups in total. The third-order valence-corrected chi connectivity index (χ3v) is 6.30. The molecule has 3 aromatic carbocycles. The number of carbonyl (C=O) groups is 2. The molecule has 2 heterocycles. The Hall–Kier alpha value is -3.25. The second-order valence-corrected chi connectivity index (χ2v) is 8.75. The summed E-state index contributed by atoms with van der Waals surface area (Å²) in [4.78, 5) is 27.6. The van der Waals surface area contributed by atoms with Crippen molar-refractivity contribution < 1.29 is 9.59 Å². The molecule has 0 radical (unpaired) electrons. The number of nitrogens with one attached hydrogen (secondary N) is 1. The smallest absolute Gasteiger partial charge is 0.258 e. The molecular formula is C25H16Cl3N3O2. The van der Waals surface area contributed by atoms with E-state index in [-0.39, 0.29) is 16.8 Å². The van der Waals surface area contributed by atoms with Crippen LogP contribution in [0.25, 0.3) is 5.69 Å². The van der Waals surface area contributed by atoms with Crippen molar-refractivity contribution in [2.24, 2.45) is 0 Å². The fraction of sp³-hybridized carbons (Fsp3) is 0.0400. The average Bonchev–Trinajstić information content (AvgIpc) is 3.19. The Kier molecular flexibility index (Phi) is 5.62. The summed E-state index contributed by atoms with van der Waals surface area (Å²) in [6.07, 6.45) is 0. The molecule has 5 nitrogen and oxygen atoms in total. The van der Waals surface area contributed by atoms with E-state index in [0.29, 0.717) is 33.5 Å². The molecule has 0 unspecified atom stereocenters. The monoisotopic (exact) mass is 495 g/mol. The number of aromatic nitrogens is 1. The van der Waals surface area contributed by atoms with Gasteiger partial charge in [0.15, 0.2) is 0 Å². The predicted octanol–water partition coefficient (Wildman–Crippen LogP) is 6.85. The van der Waals surface area contributed by atoms with Gasteiger partial charge < -0.3 is 14.8 Å². The fourth-order valence-electron chi connectivity index (χ4n) is 3.88. The summed E-state index contributed by atoms with van der Waals surface area (Å²) in [5.74, 6) is -0.511. The number of halogens is 3. The molecule has 5 rings (SSSR count). The van der Waals surface area contributed by atoms with E-state index in [0.717, 1.165) is 17.1 Å². The van der Waals surface area contributed by atoms with Crippen molar-refractivity contribution in [3.8, 4) is 5.69 Å². The largest absolute Gasteiger partial charge is 0.322 e. The summed E-state index contributed by atoms with van der Waals surface area (Å²) < 4.78 is 1.95. The number of para-hydroxylation sites is 2. The molecule has 0 saturated carbocycles. The molecule has 0 fully saturated rings. The summed E-state index contributed by atoms with van der Waals surface area (Å²) in [5, 5.41) is 4.10. The van der Waals surface area contributed by atoms with Crippen molar-refractivity contribution in [3.63, 3.8) is 0 Å². The van der Waals surface area contributed by atoms with Crippen LogP contribution in [0.15, 0.2) is 78.9 Å². The van der Waals surface area contributed by atoms with Gasteiger partial charge in [0.05, 0.1) is 28.5 Å². The van der Waals surface area contributed by atoms with Crippen LogP contribution in [0.5, 0.6) is 0 Å². The van der Waals surface area contributed by atoms with Gasteiger partial charge in [-0.1, -0.05) is 46.9 Å². The number of rotatable bonds is 3. The van der Waals surface area contributed by atoms with Gasteiger partial charge in [-0.15, -0.1) is 0 Å². The zero-order chi connectivity index (χ0) is 23.1. The van der Waals surface area contributed by atoms with Crippen LogP contribution in [0.1, 0.15) is 26.4 Å². The zero-order valence-electron chi connectivity index (χ0n) is 17.1. The van der Waals surface area contributed by atoms with Gasteiger partial charge in [0, 0.05) is 22.0 Å². The molecule has 0 saturated heterocycles. The predicted molar refractivity (Wildman–Crippen MR) is 132 cm³/mol. The Bertz CT molecular complexity index is 1400. The van der Waals surface area contributed by atoms with Gasteiger partial charge in [0.25, 0.3) is 11.8 Å². The Morgan fingerprint density at radius 3 is 2.27 bits per heavy atom. The van der Waals surface area contributed by atoms with E-state index >= 15 is 0 Å². The molecule has 1 aliphatic rings. The van der Waals surface area contributed by atoms with Crippen LogP contribution in [0.2, 0.25) is 15.2 Å². The first kappa shape index (κ1) is 21.6. The van der Waals surface area contributed by atoms with Gasteiger partial charge >= 0.3 is 0 Å². The molecule has 4 aromatic rings. The standard InChI is InChI=1S/C25H16Cl3N3O2/c26-16-7-11-19(20(27)13-16)24(32)29-17-8-5-15(6-9-17)25(33)30-14-18-10-12-23(28)31(18)22-4-2-1-3-21(22)30/h1-13H,14H2,(H,29,32). The second-order valence-electron chi connectivity index (χ2n) is 7.52. The molecule has 8 heteroatoms. The Balaban J connectivity index is 1.38. The van der Waals surface area contributed by atoms with Crippen molar-refractivity contribution in [1.29, 1.82) is 0 Å². The average molecular weight is 497 g/mol. The summed E-state index contributed by atoms with van der Waals surface area (Å²) in [5.41, 5.74) is 3.91. The first-order chi connectivity index (χ1) is 15.9. The van der Waals surface area contributed by atoms with E-state index in [1.165, 1.54) is 6.07 Å². The Morgan fingerprint density at radius 1 is 0.818 bits per heavy atom. The summed E-state index contributed by atoms with van der Waals surface area (Å²) in [7, 11) is 0. The molecule has 0 aliphatic carbocycles. The van der Waals surface area contributed by atoms with Gasteiger partial charge in [-0.25, -0.2) is 0 Å². The van der Waals surface area contributed by atoms with Gasteiger partial charge in [0.1, 0.15) is 5.15 Å². The second kappa shape index (κ2) is 8.60. The van der Waals surface area contributed by atoms with Crippen LogP contribution in [-0.4, -0.2) is 16.4 Å². The zero-order valence-corrected chi connectivity index (χ0v) is 19.3. The SMILES string of the molecule is O=C(Nc1ccc(C(=O)N2Cc3ccc(Cl)n3-c3ccccc32)cc1)c1ccc(Cl)cc1Cl.